The number of hydrogen-bond donors (Lipinski definition) is 4. The van der Waals surface area contributed by atoms with Crippen LogP contribution in [0.3, 0.4) is 0 Å². The van der Waals surface area contributed by atoms with Gasteiger partial charge in [-0.3, -0.25) is 0 Å². The van der Waals surface area contributed by atoms with Crippen molar-refractivity contribution < 1.29 is 47.8 Å². The molecule has 174 valence electrons. The summed E-state index contributed by atoms with van der Waals surface area (Å²) >= 11 is 6.39. The van der Waals surface area contributed by atoms with Gasteiger partial charge in [-0.25, -0.2) is 0 Å². The number of alkyl halides is 3. The molecule has 0 saturated carbocycles. The summed E-state index contributed by atoms with van der Waals surface area (Å²) < 4.78 is 52.3. The molecule has 0 aliphatic carbocycles. The zero-order valence-corrected chi connectivity index (χ0v) is 17.2. The molecule has 0 aromatic heterocycles. The lowest BCUT2D eigenvalue weighted by Gasteiger charge is -2.46. The van der Waals surface area contributed by atoms with Gasteiger partial charge in [0.15, 0.2) is 0 Å². The molecule has 1 unspecified atom stereocenters. The van der Waals surface area contributed by atoms with Gasteiger partial charge in [-0.05, 0) is 47.4 Å². The zero-order chi connectivity index (χ0) is 23.3. The van der Waals surface area contributed by atoms with Gasteiger partial charge in [0.2, 0.25) is 5.79 Å². The summed E-state index contributed by atoms with van der Waals surface area (Å²) in [7, 11) is 0. The average molecular weight is 477 g/mol. The van der Waals surface area contributed by atoms with Crippen molar-refractivity contribution in [2.75, 3.05) is 6.61 Å². The molecular formula is C21H20ClF3O7. The third-order valence-electron chi connectivity index (χ3n) is 5.59. The largest absolute Gasteiger partial charge is 0.573 e. The van der Waals surface area contributed by atoms with E-state index in [9.17, 15) is 33.6 Å². The van der Waals surface area contributed by atoms with Gasteiger partial charge in [-0.2, -0.15) is 0 Å². The highest BCUT2D eigenvalue weighted by atomic mass is 35.5. The Bertz CT molecular complexity index is 983. The lowest BCUT2D eigenvalue weighted by molar-refractivity contribution is -0.368. The molecule has 4 N–H and O–H groups in total. The van der Waals surface area contributed by atoms with Crippen LogP contribution in [0.5, 0.6) is 5.75 Å². The summed E-state index contributed by atoms with van der Waals surface area (Å²) in [4.78, 5) is 0. The van der Waals surface area contributed by atoms with Crippen LogP contribution in [0.2, 0.25) is 5.02 Å². The van der Waals surface area contributed by atoms with E-state index in [1.165, 1.54) is 24.3 Å². The molecule has 1 fully saturated rings. The van der Waals surface area contributed by atoms with Gasteiger partial charge in [0.25, 0.3) is 0 Å². The Morgan fingerprint density at radius 1 is 1.09 bits per heavy atom. The molecule has 2 aliphatic heterocycles. The van der Waals surface area contributed by atoms with Gasteiger partial charge in [0, 0.05) is 10.6 Å². The Morgan fingerprint density at radius 2 is 1.78 bits per heavy atom. The van der Waals surface area contributed by atoms with E-state index in [0.717, 1.165) is 0 Å². The Morgan fingerprint density at radius 3 is 2.41 bits per heavy atom. The number of aliphatic hydroxyl groups excluding tert-OH is 4. The minimum atomic E-state index is -4.79. The van der Waals surface area contributed by atoms with Crippen molar-refractivity contribution in [2.45, 2.75) is 49.6 Å². The molecule has 2 heterocycles. The first-order valence-corrected chi connectivity index (χ1v) is 10.0. The fraction of sp³-hybridized carbons (Fsp3) is 0.429. The fourth-order valence-electron chi connectivity index (χ4n) is 4.01. The van der Waals surface area contributed by atoms with Crippen molar-refractivity contribution in [3.8, 4) is 5.75 Å². The maximum absolute atomic E-state index is 12.3. The first-order chi connectivity index (χ1) is 15.0. The van der Waals surface area contributed by atoms with Crippen LogP contribution in [0.15, 0.2) is 36.4 Å². The van der Waals surface area contributed by atoms with E-state index in [1.54, 1.807) is 12.1 Å². The molecule has 5 atom stereocenters. The predicted octanol–water partition coefficient (Wildman–Crippen LogP) is 1.99. The van der Waals surface area contributed by atoms with Crippen molar-refractivity contribution in [1.82, 2.24) is 0 Å². The standard InChI is InChI=1S/C21H20ClF3O7/c22-15-7-12-9-30-20(19(29)18(28)17(27)16(8-26)32-20)14(12)6-11(15)5-10-1-3-13(4-2-10)31-21(23,24)25/h1-4,6-7,16-19,26-29H,5,8-9H2/t16-,17-,18+,19-,20?/m1/s1. The van der Waals surface area contributed by atoms with Crippen molar-refractivity contribution in [3.63, 3.8) is 0 Å². The highest BCUT2D eigenvalue weighted by Crippen LogP contribution is 2.47. The molecule has 7 nitrogen and oxygen atoms in total. The van der Waals surface area contributed by atoms with E-state index >= 15 is 0 Å². The smallest absolute Gasteiger partial charge is 0.406 e. The number of fused-ring (bicyclic) bond motifs is 2. The van der Waals surface area contributed by atoms with E-state index in [0.29, 0.717) is 27.3 Å². The van der Waals surface area contributed by atoms with Crippen LogP contribution in [0, 0.1) is 0 Å². The molecule has 4 rings (SSSR count). The number of rotatable bonds is 4. The number of hydrogen-bond acceptors (Lipinski definition) is 7. The van der Waals surface area contributed by atoms with E-state index in [2.05, 4.69) is 4.74 Å². The SMILES string of the molecule is OC[C@H]1OC2(OCc3cc(Cl)c(Cc4ccc(OC(F)(F)F)cc4)cc32)[C@H](O)[C@@H](O)[C@@H]1O. The van der Waals surface area contributed by atoms with Crippen molar-refractivity contribution in [1.29, 1.82) is 0 Å². The van der Waals surface area contributed by atoms with Gasteiger partial charge < -0.3 is 34.6 Å². The number of benzene rings is 2. The van der Waals surface area contributed by atoms with Crippen LogP contribution in [0.25, 0.3) is 0 Å². The monoisotopic (exact) mass is 476 g/mol. The molecule has 11 heteroatoms. The minimum Gasteiger partial charge on any atom is -0.406 e. The van der Waals surface area contributed by atoms with Crippen LogP contribution >= 0.6 is 11.6 Å². The summed E-state index contributed by atoms with van der Waals surface area (Å²) in [6.07, 6.45) is -10.5. The third-order valence-corrected chi connectivity index (χ3v) is 5.94. The molecule has 1 saturated heterocycles. The van der Waals surface area contributed by atoms with E-state index in [-0.39, 0.29) is 18.8 Å². The van der Waals surface area contributed by atoms with Gasteiger partial charge in [-0.1, -0.05) is 23.7 Å². The van der Waals surface area contributed by atoms with Crippen molar-refractivity contribution >= 4 is 11.6 Å². The second kappa shape index (κ2) is 8.45. The number of aliphatic hydroxyl groups is 4. The second-order valence-electron chi connectivity index (χ2n) is 7.69. The van der Waals surface area contributed by atoms with Gasteiger partial charge >= 0.3 is 6.36 Å². The molecule has 0 bridgehead atoms. The van der Waals surface area contributed by atoms with E-state index in [1.807, 2.05) is 0 Å². The quantitative estimate of drug-likeness (QED) is 0.534. The molecular weight excluding hydrogens is 457 g/mol. The maximum Gasteiger partial charge on any atom is 0.573 e. The van der Waals surface area contributed by atoms with Crippen LogP contribution in [-0.4, -0.2) is 57.8 Å². The van der Waals surface area contributed by atoms with E-state index in [4.69, 9.17) is 21.1 Å². The first kappa shape index (κ1) is 23.2. The van der Waals surface area contributed by atoms with Crippen LogP contribution in [-0.2, 0) is 28.3 Å². The second-order valence-corrected chi connectivity index (χ2v) is 8.10. The minimum absolute atomic E-state index is 0.0107. The topological polar surface area (TPSA) is 109 Å². The summed E-state index contributed by atoms with van der Waals surface area (Å²) in [5.74, 6) is -2.17. The number of halogens is 4. The fourth-order valence-corrected chi connectivity index (χ4v) is 4.27. The Hall–Kier alpha value is -1.92. The molecule has 0 amide bonds. The van der Waals surface area contributed by atoms with Crippen LogP contribution < -0.4 is 4.74 Å². The highest BCUT2D eigenvalue weighted by molar-refractivity contribution is 6.31. The van der Waals surface area contributed by atoms with Crippen molar-refractivity contribution in [3.05, 3.63) is 63.7 Å². The van der Waals surface area contributed by atoms with E-state index < -0.39 is 43.2 Å². The van der Waals surface area contributed by atoms with Crippen LogP contribution in [0.4, 0.5) is 13.2 Å². The Labute approximate surface area is 185 Å². The molecule has 1 spiro atoms. The zero-order valence-electron chi connectivity index (χ0n) is 16.4. The predicted molar refractivity (Wildman–Crippen MR) is 104 cm³/mol. The average Bonchev–Trinajstić information content (AvgIpc) is 3.08. The van der Waals surface area contributed by atoms with Gasteiger partial charge in [0.05, 0.1) is 13.2 Å². The Kier molecular flexibility index (Phi) is 6.14. The molecule has 2 aromatic rings. The van der Waals surface area contributed by atoms with Crippen molar-refractivity contribution in [2.24, 2.45) is 0 Å². The number of ether oxygens (including phenoxy) is 3. The molecule has 2 aliphatic rings. The summed E-state index contributed by atoms with van der Waals surface area (Å²) in [6.45, 7) is -0.602. The maximum atomic E-state index is 12.3. The lowest BCUT2D eigenvalue weighted by Crippen LogP contribution is -2.63. The lowest BCUT2D eigenvalue weighted by atomic mass is 9.86. The summed E-state index contributed by atoms with van der Waals surface area (Å²) in [5, 5.41) is 40.8. The van der Waals surface area contributed by atoms with Gasteiger partial charge in [0.1, 0.15) is 30.2 Å². The Balaban J connectivity index is 1.64. The first-order valence-electron chi connectivity index (χ1n) is 9.67. The molecule has 32 heavy (non-hydrogen) atoms. The van der Waals surface area contributed by atoms with Crippen LogP contribution in [0.1, 0.15) is 22.3 Å². The summed E-state index contributed by atoms with van der Waals surface area (Å²) in [5.41, 5.74) is 2.18. The summed E-state index contributed by atoms with van der Waals surface area (Å²) in [6, 6.07) is 8.53. The van der Waals surface area contributed by atoms with Gasteiger partial charge in [-0.15, -0.1) is 13.2 Å². The highest BCUT2D eigenvalue weighted by Gasteiger charge is 2.58. The third kappa shape index (κ3) is 4.19. The molecule has 0 radical (unpaired) electrons. The molecule has 2 aromatic carbocycles. The normalized spacial score (nSPS) is 29.9.